The summed E-state index contributed by atoms with van der Waals surface area (Å²) in [6, 6.07) is 14.0. The van der Waals surface area contributed by atoms with Gasteiger partial charge in [-0.25, -0.2) is 4.98 Å². The van der Waals surface area contributed by atoms with Crippen LogP contribution in [-0.4, -0.2) is 18.6 Å². The highest BCUT2D eigenvalue weighted by Crippen LogP contribution is 2.21. The van der Waals surface area contributed by atoms with Crippen LogP contribution in [0.15, 0.2) is 42.5 Å². The maximum Gasteiger partial charge on any atom is 0.153 e. The zero-order valence-electron chi connectivity index (χ0n) is 11.0. The Balaban J connectivity index is 1.91. The number of hydrogen-bond donors (Lipinski definition) is 1. The Kier molecular flexibility index (Phi) is 4.63. The van der Waals surface area contributed by atoms with E-state index in [0.29, 0.717) is 10.8 Å². The summed E-state index contributed by atoms with van der Waals surface area (Å²) in [6.45, 7) is 0.895. The molecule has 3 nitrogen and oxygen atoms in total. The lowest BCUT2D eigenvalue weighted by molar-refractivity contribution is 0.778. The van der Waals surface area contributed by atoms with Crippen LogP contribution >= 0.6 is 11.6 Å². The standard InChI is InChI=1S/C15H18ClN3/c1-19(15-13(17)9-10-14(16)18-15)11-5-8-12-6-3-2-4-7-12/h2-4,6-7,9-10H,5,8,11,17H2,1H3. The Morgan fingerprint density at radius 2 is 1.89 bits per heavy atom. The lowest BCUT2D eigenvalue weighted by Crippen LogP contribution is -2.21. The van der Waals surface area contributed by atoms with E-state index in [1.54, 1.807) is 12.1 Å². The molecule has 2 rings (SSSR count). The van der Waals surface area contributed by atoms with E-state index in [9.17, 15) is 0 Å². The lowest BCUT2D eigenvalue weighted by atomic mass is 10.1. The van der Waals surface area contributed by atoms with Crippen LogP contribution in [0.2, 0.25) is 5.15 Å². The number of anilines is 2. The molecule has 0 saturated heterocycles. The summed E-state index contributed by atoms with van der Waals surface area (Å²) in [4.78, 5) is 6.31. The minimum Gasteiger partial charge on any atom is -0.396 e. The second-order valence-corrected chi connectivity index (χ2v) is 4.94. The average Bonchev–Trinajstić information content (AvgIpc) is 2.42. The highest BCUT2D eigenvalue weighted by Gasteiger charge is 2.07. The highest BCUT2D eigenvalue weighted by molar-refractivity contribution is 6.29. The number of benzene rings is 1. The molecule has 2 aromatic rings. The minimum atomic E-state index is 0.471. The zero-order chi connectivity index (χ0) is 13.7. The predicted molar refractivity (Wildman–Crippen MR) is 81.7 cm³/mol. The summed E-state index contributed by atoms with van der Waals surface area (Å²) >= 11 is 5.90. The molecule has 0 fully saturated rings. The van der Waals surface area contributed by atoms with Crippen LogP contribution in [-0.2, 0) is 6.42 Å². The van der Waals surface area contributed by atoms with E-state index in [1.165, 1.54) is 5.56 Å². The van der Waals surface area contributed by atoms with Gasteiger partial charge in [-0.3, -0.25) is 0 Å². The fraction of sp³-hybridized carbons (Fsp3) is 0.267. The highest BCUT2D eigenvalue weighted by atomic mass is 35.5. The van der Waals surface area contributed by atoms with E-state index >= 15 is 0 Å². The third kappa shape index (κ3) is 3.86. The van der Waals surface area contributed by atoms with Crippen LogP contribution in [0.25, 0.3) is 0 Å². The molecular weight excluding hydrogens is 258 g/mol. The summed E-state index contributed by atoms with van der Waals surface area (Å²) < 4.78 is 0. The van der Waals surface area contributed by atoms with Crippen molar-refractivity contribution in [2.24, 2.45) is 0 Å². The van der Waals surface area contributed by atoms with Gasteiger partial charge in [-0.15, -0.1) is 0 Å². The normalized spacial score (nSPS) is 10.4. The Morgan fingerprint density at radius 3 is 2.63 bits per heavy atom. The first-order chi connectivity index (χ1) is 9.16. The van der Waals surface area contributed by atoms with Crippen molar-refractivity contribution in [2.75, 3.05) is 24.2 Å². The summed E-state index contributed by atoms with van der Waals surface area (Å²) in [5.41, 5.74) is 7.92. The molecule has 0 aliphatic carbocycles. The van der Waals surface area contributed by atoms with Crippen LogP contribution in [0.5, 0.6) is 0 Å². The van der Waals surface area contributed by atoms with Gasteiger partial charge in [-0.05, 0) is 30.5 Å². The molecule has 0 spiro atoms. The van der Waals surface area contributed by atoms with Gasteiger partial charge in [-0.2, -0.15) is 0 Å². The quantitative estimate of drug-likeness (QED) is 0.851. The molecule has 0 aliphatic heterocycles. The number of hydrogen-bond acceptors (Lipinski definition) is 3. The fourth-order valence-corrected chi connectivity index (χ4v) is 2.16. The Hall–Kier alpha value is -1.74. The third-order valence-corrected chi connectivity index (χ3v) is 3.25. The van der Waals surface area contributed by atoms with E-state index < -0.39 is 0 Å². The number of pyridine rings is 1. The first-order valence-electron chi connectivity index (χ1n) is 6.34. The fourth-order valence-electron chi connectivity index (χ4n) is 2.01. The first-order valence-corrected chi connectivity index (χ1v) is 6.71. The molecule has 1 aromatic heterocycles. The number of nitrogens with zero attached hydrogens (tertiary/aromatic N) is 2. The molecule has 4 heteroatoms. The number of rotatable bonds is 5. The number of aromatic nitrogens is 1. The van der Waals surface area contributed by atoms with Crippen molar-refractivity contribution in [1.29, 1.82) is 0 Å². The van der Waals surface area contributed by atoms with Crippen LogP contribution in [0, 0.1) is 0 Å². The van der Waals surface area contributed by atoms with Crippen LogP contribution in [0.3, 0.4) is 0 Å². The van der Waals surface area contributed by atoms with Gasteiger partial charge < -0.3 is 10.6 Å². The minimum absolute atomic E-state index is 0.471. The number of aryl methyl sites for hydroxylation is 1. The van der Waals surface area contributed by atoms with E-state index in [1.807, 2.05) is 18.0 Å². The first kappa shape index (κ1) is 13.7. The molecule has 0 unspecified atom stereocenters. The second-order valence-electron chi connectivity index (χ2n) is 4.56. The molecule has 1 heterocycles. The third-order valence-electron chi connectivity index (χ3n) is 3.03. The Bertz CT molecular complexity index is 528. The van der Waals surface area contributed by atoms with Crippen LogP contribution in [0.1, 0.15) is 12.0 Å². The topological polar surface area (TPSA) is 42.2 Å². The van der Waals surface area contributed by atoms with Gasteiger partial charge in [0.25, 0.3) is 0 Å². The predicted octanol–water partition coefficient (Wildman–Crippen LogP) is 3.39. The second kappa shape index (κ2) is 6.43. The van der Waals surface area contributed by atoms with Gasteiger partial charge in [-0.1, -0.05) is 41.9 Å². The average molecular weight is 276 g/mol. The molecule has 100 valence electrons. The van der Waals surface area contributed by atoms with Crippen LogP contribution < -0.4 is 10.6 Å². The van der Waals surface area contributed by atoms with Crippen molar-refractivity contribution in [1.82, 2.24) is 4.98 Å². The Morgan fingerprint density at radius 1 is 1.16 bits per heavy atom. The molecule has 0 amide bonds. The van der Waals surface area contributed by atoms with Crippen molar-refractivity contribution in [3.63, 3.8) is 0 Å². The Labute approximate surface area is 119 Å². The maximum absolute atomic E-state index is 5.91. The van der Waals surface area contributed by atoms with Crippen molar-refractivity contribution < 1.29 is 0 Å². The van der Waals surface area contributed by atoms with Crippen molar-refractivity contribution >= 4 is 23.1 Å². The van der Waals surface area contributed by atoms with Gasteiger partial charge >= 0.3 is 0 Å². The van der Waals surface area contributed by atoms with Crippen molar-refractivity contribution in [3.05, 3.63) is 53.2 Å². The van der Waals surface area contributed by atoms with E-state index in [0.717, 1.165) is 25.2 Å². The molecule has 0 saturated carbocycles. The zero-order valence-corrected chi connectivity index (χ0v) is 11.8. The van der Waals surface area contributed by atoms with Crippen molar-refractivity contribution in [2.45, 2.75) is 12.8 Å². The van der Waals surface area contributed by atoms with Gasteiger partial charge in [0.05, 0.1) is 5.69 Å². The molecule has 0 bridgehead atoms. The molecule has 19 heavy (non-hydrogen) atoms. The molecule has 0 aliphatic rings. The van der Waals surface area contributed by atoms with E-state index in [-0.39, 0.29) is 0 Å². The monoisotopic (exact) mass is 275 g/mol. The van der Waals surface area contributed by atoms with Gasteiger partial charge in [0, 0.05) is 13.6 Å². The maximum atomic E-state index is 5.91. The largest absolute Gasteiger partial charge is 0.396 e. The molecule has 0 atom stereocenters. The lowest BCUT2D eigenvalue weighted by Gasteiger charge is -2.19. The van der Waals surface area contributed by atoms with Crippen molar-refractivity contribution in [3.8, 4) is 0 Å². The van der Waals surface area contributed by atoms with Crippen LogP contribution in [0.4, 0.5) is 11.5 Å². The van der Waals surface area contributed by atoms with Gasteiger partial charge in [0.15, 0.2) is 5.82 Å². The van der Waals surface area contributed by atoms with E-state index in [2.05, 4.69) is 29.2 Å². The number of nitrogens with two attached hydrogens (primary N) is 1. The molecule has 1 aromatic carbocycles. The molecule has 2 N–H and O–H groups in total. The number of nitrogen functional groups attached to an aromatic ring is 1. The SMILES string of the molecule is CN(CCCc1ccccc1)c1nc(Cl)ccc1N. The summed E-state index contributed by atoms with van der Waals surface area (Å²) in [6.07, 6.45) is 2.10. The van der Waals surface area contributed by atoms with Gasteiger partial charge in [0.2, 0.25) is 0 Å². The molecule has 0 radical (unpaired) electrons. The number of halogens is 1. The van der Waals surface area contributed by atoms with E-state index in [4.69, 9.17) is 17.3 Å². The smallest absolute Gasteiger partial charge is 0.153 e. The summed E-state index contributed by atoms with van der Waals surface area (Å²) in [7, 11) is 1.99. The molecular formula is C15H18ClN3. The summed E-state index contributed by atoms with van der Waals surface area (Å²) in [5.74, 6) is 0.751. The summed E-state index contributed by atoms with van der Waals surface area (Å²) in [5, 5.41) is 0.471. The van der Waals surface area contributed by atoms with Gasteiger partial charge in [0.1, 0.15) is 5.15 Å².